The average Bonchev–Trinajstić information content (AvgIpc) is 3.26. The molecule has 4 unspecified atom stereocenters. The summed E-state index contributed by atoms with van der Waals surface area (Å²) in [7, 11) is 3.16. The van der Waals surface area contributed by atoms with E-state index in [9.17, 15) is 39.4 Å². The molecule has 0 saturated carbocycles. The van der Waals surface area contributed by atoms with Crippen LogP contribution < -0.4 is 25.8 Å². The fourth-order valence-electron chi connectivity index (χ4n) is 6.93. The smallest absolute Gasteiger partial charge is 0.338 e. The third-order valence-corrected chi connectivity index (χ3v) is 11.0. The molecule has 0 bridgehead atoms. The zero-order chi connectivity index (χ0) is 48.3. The number of carbonyl (C=O) groups excluding carboxylic acids is 4. The van der Waals surface area contributed by atoms with Crippen LogP contribution in [0.3, 0.4) is 0 Å². The van der Waals surface area contributed by atoms with Crippen LogP contribution in [0.25, 0.3) is 0 Å². The molecule has 0 fully saturated rings. The summed E-state index contributed by atoms with van der Waals surface area (Å²) in [6.45, 7) is 10.9. The third-order valence-electron chi connectivity index (χ3n) is 11.0. The molecule has 3 aromatic carbocycles. The Bertz CT molecular complexity index is 2080. The maximum absolute atomic E-state index is 14.3. The fourth-order valence-corrected chi connectivity index (χ4v) is 6.93. The number of nitrogens with two attached hydrogens (primary N) is 1. The number of primary amides is 1. The molecule has 0 aliphatic rings. The van der Waals surface area contributed by atoms with Crippen LogP contribution in [0.15, 0.2) is 66.7 Å². The number of nitrogens with one attached hydrogen (secondary N) is 2. The summed E-state index contributed by atoms with van der Waals surface area (Å²) in [6.07, 6.45) is 0.0850. The second kappa shape index (κ2) is 25.7. The van der Waals surface area contributed by atoms with E-state index >= 15 is 0 Å². The number of amides is 3. The Labute approximate surface area is 379 Å². The van der Waals surface area contributed by atoms with E-state index in [4.69, 9.17) is 24.7 Å². The van der Waals surface area contributed by atoms with Gasteiger partial charge in [0.15, 0.2) is 11.5 Å². The SMILES string of the molecule is COCCCOc1cc(CC(CC(NC(=O)c2cccc(CO[N+](=O)[O-])c2)C(CC(C(=O)NCC(C)(C)C(N)=O)C(C)C)OC(=O)c2cccc(CO[N+](=O)[O-])c2)C(C)C)ccc1OC. The van der Waals surface area contributed by atoms with Crippen molar-refractivity contribution in [1.82, 2.24) is 10.6 Å². The first-order chi connectivity index (χ1) is 30.7. The number of benzene rings is 3. The third kappa shape index (κ3) is 17.5. The Hall–Kier alpha value is -6.50. The summed E-state index contributed by atoms with van der Waals surface area (Å²) in [5.74, 6) is -2.77. The molecule has 0 radical (unpaired) electrons. The molecule has 0 aliphatic heterocycles. The van der Waals surface area contributed by atoms with E-state index in [0.29, 0.717) is 48.7 Å². The molecule has 65 heavy (non-hydrogen) atoms. The van der Waals surface area contributed by atoms with E-state index in [1.807, 2.05) is 45.9 Å². The number of nitrogens with zero attached hydrogens (tertiary/aromatic N) is 2. The van der Waals surface area contributed by atoms with Crippen molar-refractivity contribution in [3.8, 4) is 11.5 Å². The Morgan fingerprint density at radius 2 is 1.38 bits per heavy atom. The number of methoxy groups -OCH3 is 2. The van der Waals surface area contributed by atoms with Gasteiger partial charge in [-0.15, -0.1) is 20.2 Å². The van der Waals surface area contributed by atoms with Gasteiger partial charge in [-0.25, -0.2) is 4.79 Å². The van der Waals surface area contributed by atoms with E-state index in [0.717, 1.165) is 5.56 Å². The molecule has 0 aliphatic carbocycles. The Kier molecular flexibility index (Phi) is 20.9. The summed E-state index contributed by atoms with van der Waals surface area (Å²) in [5, 5.41) is 25.9. The van der Waals surface area contributed by atoms with E-state index < -0.39 is 70.6 Å². The normalized spacial score (nSPS) is 13.2. The van der Waals surface area contributed by atoms with E-state index in [2.05, 4.69) is 20.3 Å². The van der Waals surface area contributed by atoms with E-state index in [1.54, 1.807) is 46.3 Å². The lowest BCUT2D eigenvalue weighted by molar-refractivity contribution is -0.763. The number of carbonyl (C=O) groups is 4. The summed E-state index contributed by atoms with van der Waals surface area (Å²) >= 11 is 0. The molecule has 0 saturated heterocycles. The van der Waals surface area contributed by atoms with Crippen molar-refractivity contribution in [2.75, 3.05) is 34.0 Å². The van der Waals surface area contributed by atoms with Crippen molar-refractivity contribution in [1.29, 1.82) is 0 Å². The molecule has 4 N–H and O–H groups in total. The molecule has 3 rings (SSSR count). The molecule has 19 heteroatoms. The summed E-state index contributed by atoms with van der Waals surface area (Å²) in [4.78, 5) is 85.7. The summed E-state index contributed by atoms with van der Waals surface area (Å²) < 4.78 is 23.1. The van der Waals surface area contributed by atoms with Gasteiger partial charge in [-0.1, -0.05) is 58.0 Å². The van der Waals surface area contributed by atoms with E-state index in [-0.39, 0.29) is 48.3 Å². The minimum Gasteiger partial charge on any atom is -0.493 e. The summed E-state index contributed by atoms with van der Waals surface area (Å²) in [5.41, 5.74) is 6.26. The van der Waals surface area contributed by atoms with Gasteiger partial charge in [0, 0.05) is 38.2 Å². The zero-order valence-electron chi connectivity index (χ0n) is 38.4. The first-order valence-corrected chi connectivity index (χ1v) is 21.3. The van der Waals surface area contributed by atoms with Crippen molar-refractivity contribution in [3.05, 3.63) is 115 Å². The van der Waals surface area contributed by atoms with Crippen molar-refractivity contribution in [3.63, 3.8) is 0 Å². The minimum absolute atomic E-state index is 0.0139. The van der Waals surface area contributed by atoms with Crippen LogP contribution in [0, 0.1) is 49.3 Å². The molecule has 3 aromatic rings. The molecule has 0 spiro atoms. The fraction of sp³-hybridized carbons (Fsp3) is 0.522. The van der Waals surface area contributed by atoms with E-state index in [1.165, 1.54) is 30.3 Å². The highest BCUT2D eigenvalue weighted by Crippen LogP contribution is 2.33. The number of ether oxygens (including phenoxy) is 4. The first-order valence-electron chi connectivity index (χ1n) is 21.3. The second-order valence-corrected chi connectivity index (χ2v) is 17.1. The van der Waals surface area contributed by atoms with Gasteiger partial charge in [-0.05, 0) is 104 Å². The maximum atomic E-state index is 14.3. The average molecular weight is 910 g/mol. The Balaban J connectivity index is 2.17. The van der Waals surface area contributed by atoms with Gasteiger partial charge in [0.1, 0.15) is 19.3 Å². The van der Waals surface area contributed by atoms with Crippen LogP contribution in [-0.4, -0.2) is 80.0 Å². The van der Waals surface area contributed by atoms with Crippen molar-refractivity contribution < 1.29 is 58.0 Å². The van der Waals surface area contributed by atoms with Gasteiger partial charge in [0.2, 0.25) is 11.8 Å². The van der Waals surface area contributed by atoms with Crippen LogP contribution in [0.4, 0.5) is 0 Å². The predicted molar refractivity (Wildman–Crippen MR) is 237 cm³/mol. The predicted octanol–water partition coefficient (Wildman–Crippen LogP) is 6.05. The monoisotopic (exact) mass is 909 g/mol. The molecular weight excluding hydrogens is 847 g/mol. The molecule has 0 aromatic heterocycles. The van der Waals surface area contributed by atoms with Crippen LogP contribution in [0.2, 0.25) is 0 Å². The number of hydrogen-bond donors (Lipinski definition) is 3. The van der Waals surface area contributed by atoms with Gasteiger partial charge >= 0.3 is 5.97 Å². The van der Waals surface area contributed by atoms with Crippen LogP contribution in [0.5, 0.6) is 11.5 Å². The standard InChI is InChI=1S/C46H63N5O14/c1-29(2)36(20-31-16-17-39(61-8)41(23-31)62-19-11-18-60-7)24-38(49-42(52)34-14-9-12-32(21-34)26-63-50(56)57)40(25-37(30(3)4)43(53)48-28-46(5,6)45(47)55)65-44(54)35-15-10-13-33(22-35)27-64-51(58)59/h9-10,12-17,21-23,29-30,36-38,40H,11,18-20,24-28H2,1-8H3,(H2,47,55)(H,48,53)(H,49,52). The van der Waals surface area contributed by atoms with Gasteiger partial charge in [0.05, 0.1) is 30.7 Å². The van der Waals surface area contributed by atoms with Crippen molar-refractivity contribution in [2.24, 2.45) is 34.8 Å². The van der Waals surface area contributed by atoms with Crippen molar-refractivity contribution >= 4 is 23.7 Å². The molecule has 356 valence electrons. The number of hydrogen-bond acceptors (Lipinski definition) is 14. The molecular formula is C46H63N5O14. The van der Waals surface area contributed by atoms with Gasteiger partial charge < -0.3 is 45.0 Å². The summed E-state index contributed by atoms with van der Waals surface area (Å²) in [6, 6.07) is 16.7. The molecule has 4 atom stereocenters. The number of rotatable bonds is 29. The highest BCUT2D eigenvalue weighted by atomic mass is 17.0. The first kappa shape index (κ1) is 52.8. The topological polar surface area (TPSA) is 260 Å². The molecule has 3 amide bonds. The van der Waals surface area contributed by atoms with Gasteiger partial charge in [-0.3, -0.25) is 14.4 Å². The lowest BCUT2D eigenvalue weighted by Crippen LogP contribution is -2.50. The minimum atomic E-state index is -1.18. The van der Waals surface area contributed by atoms with Crippen molar-refractivity contribution in [2.45, 2.75) is 92.6 Å². The molecule has 19 nitrogen and oxygen atoms in total. The van der Waals surface area contributed by atoms with Gasteiger partial charge in [-0.2, -0.15) is 0 Å². The highest BCUT2D eigenvalue weighted by molar-refractivity contribution is 5.95. The lowest BCUT2D eigenvalue weighted by atomic mass is 9.80. The van der Waals surface area contributed by atoms with Gasteiger partial charge in [0.25, 0.3) is 16.1 Å². The lowest BCUT2D eigenvalue weighted by Gasteiger charge is -2.35. The Morgan fingerprint density at radius 3 is 1.94 bits per heavy atom. The van der Waals surface area contributed by atoms with Crippen LogP contribution >= 0.6 is 0 Å². The van der Waals surface area contributed by atoms with Crippen LogP contribution in [-0.2, 0) is 48.4 Å². The zero-order valence-corrected chi connectivity index (χ0v) is 38.4. The molecule has 0 heterocycles. The quantitative estimate of drug-likeness (QED) is 0.0310. The van der Waals surface area contributed by atoms with Crippen LogP contribution in [0.1, 0.15) is 98.2 Å². The Morgan fingerprint density at radius 1 is 0.769 bits per heavy atom. The largest absolute Gasteiger partial charge is 0.493 e. The highest BCUT2D eigenvalue weighted by Gasteiger charge is 2.37. The second-order valence-electron chi connectivity index (χ2n) is 17.1. The maximum Gasteiger partial charge on any atom is 0.338 e. The number of esters is 1.